The topological polar surface area (TPSA) is 84.7 Å². The number of nitrogens with one attached hydrogen (secondary N) is 2. The fraction of sp³-hybridized carbons (Fsp3) is 0.0667. The third-order valence-corrected chi connectivity index (χ3v) is 3.45. The van der Waals surface area contributed by atoms with Gasteiger partial charge in [0.1, 0.15) is 5.82 Å². The number of carbonyl (C=O) groups excluding carboxylic acids is 1. The van der Waals surface area contributed by atoms with E-state index in [1.54, 1.807) is 36.4 Å². The second-order valence-corrected chi connectivity index (χ2v) is 5.18. The summed E-state index contributed by atoms with van der Waals surface area (Å²) in [5.74, 6) is -0.0479. The van der Waals surface area contributed by atoms with E-state index >= 15 is 0 Å². The van der Waals surface area contributed by atoms with E-state index in [9.17, 15) is 9.18 Å². The summed E-state index contributed by atoms with van der Waals surface area (Å²) >= 11 is 5.97. The zero-order valence-corrected chi connectivity index (χ0v) is 13.0. The number of hydrogen-bond acceptors (Lipinski definition) is 4. The van der Waals surface area contributed by atoms with Gasteiger partial charge < -0.3 is 10.6 Å². The average Bonchev–Trinajstić information content (AvgIpc) is 3.04. The molecule has 2 amide bonds. The van der Waals surface area contributed by atoms with Crippen molar-refractivity contribution in [2.45, 2.75) is 6.54 Å². The Bertz CT molecular complexity index is 868. The summed E-state index contributed by atoms with van der Waals surface area (Å²) in [5.41, 5.74) is 0.949. The number of urea groups is 1. The van der Waals surface area contributed by atoms with Crippen LogP contribution in [0.2, 0.25) is 5.02 Å². The maximum absolute atomic E-state index is 13.3. The Labute approximate surface area is 141 Å². The van der Waals surface area contributed by atoms with Gasteiger partial charge in [-0.3, -0.25) is 0 Å². The summed E-state index contributed by atoms with van der Waals surface area (Å²) in [6.07, 6.45) is 0. The van der Waals surface area contributed by atoms with E-state index in [0.717, 1.165) is 0 Å². The van der Waals surface area contributed by atoms with Gasteiger partial charge in [0.05, 0.1) is 22.9 Å². The third kappa shape index (κ3) is 3.66. The molecule has 2 N–H and O–H groups in total. The van der Waals surface area contributed by atoms with E-state index in [-0.39, 0.29) is 6.54 Å². The molecule has 0 unspecified atom stereocenters. The van der Waals surface area contributed by atoms with E-state index in [0.29, 0.717) is 22.2 Å². The van der Waals surface area contributed by atoms with Crippen molar-refractivity contribution in [1.82, 2.24) is 25.5 Å². The maximum Gasteiger partial charge on any atom is 0.319 e. The predicted octanol–water partition coefficient (Wildman–Crippen LogP) is 2.78. The zero-order valence-electron chi connectivity index (χ0n) is 12.3. The van der Waals surface area contributed by atoms with Crippen LogP contribution in [0.25, 0.3) is 5.69 Å². The van der Waals surface area contributed by atoms with Crippen LogP contribution in [-0.4, -0.2) is 26.2 Å². The molecule has 3 rings (SSSR count). The van der Waals surface area contributed by atoms with Gasteiger partial charge in [0.15, 0.2) is 5.82 Å². The van der Waals surface area contributed by atoms with Gasteiger partial charge in [-0.05, 0) is 40.8 Å². The van der Waals surface area contributed by atoms with Gasteiger partial charge in [-0.1, -0.05) is 29.8 Å². The SMILES string of the molecule is O=C(NCc1nnnn1-c1cccc(F)c1)Nc1ccccc1Cl. The van der Waals surface area contributed by atoms with Gasteiger partial charge in [-0.15, -0.1) is 5.10 Å². The summed E-state index contributed by atoms with van der Waals surface area (Å²) < 4.78 is 14.7. The number of halogens is 2. The Hall–Kier alpha value is -3.00. The summed E-state index contributed by atoms with van der Waals surface area (Å²) in [6.45, 7) is 0.0554. The molecule has 1 heterocycles. The molecule has 0 saturated carbocycles. The summed E-state index contributed by atoms with van der Waals surface area (Å²) in [7, 11) is 0. The van der Waals surface area contributed by atoms with Crippen LogP contribution in [0.15, 0.2) is 48.5 Å². The van der Waals surface area contributed by atoms with Crippen molar-refractivity contribution in [3.8, 4) is 5.69 Å². The molecule has 0 atom stereocenters. The Morgan fingerprint density at radius 1 is 1.21 bits per heavy atom. The van der Waals surface area contributed by atoms with Gasteiger partial charge in [0.25, 0.3) is 0 Å². The van der Waals surface area contributed by atoms with Crippen molar-refractivity contribution in [1.29, 1.82) is 0 Å². The number of anilines is 1. The fourth-order valence-electron chi connectivity index (χ4n) is 2.01. The molecule has 0 spiro atoms. The molecule has 9 heteroatoms. The number of carbonyl (C=O) groups is 1. The molecule has 0 radical (unpaired) electrons. The van der Waals surface area contributed by atoms with Gasteiger partial charge in [0, 0.05) is 0 Å². The summed E-state index contributed by atoms with van der Waals surface area (Å²) in [6, 6.07) is 12.2. The Kier molecular flexibility index (Phi) is 4.66. The zero-order chi connectivity index (χ0) is 16.9. The van der Waals surface area contributed by atoms with Gasteiger partial charge in [0.2, 0.25) is 0 Å². The van der Waals surface area contributed by atoms with E-state index in [4.69, 9.17) is 11.6 Å². The van der Waals surface area contributed by atoms with Gasteiger partial charge in [-0.2, -0.15) is 4.68 Å². The quantitative estimate of drug-likeness (QED) is 0.760. The van der Waals surface area contributed by atoms with Crippen LogP contribution in [0.1, 0.15) is 5.82 Å². The Morgan fingerprint density at radius 2 is 2.04 bits per heavy atom. The molecule has 24 heavy (non-hydrogen) atoms. The average molecular weight is 347 g/mol. The molecule has 7 nitrogen and oxygen atoms in total. The molecular weight excluding hydrogens is 335 g/mol. The number of nitrogens with zero attached hydrogens (tertiary/aromatic N) is 4. The molecule has 122 valence electrons. The minimum absolute atomic E-state index is 0.0554. The van der Waals surface area contributed by atoms with E-state index in [1.807, 2.05) is 0 Å². The lowest BCUT2D eigenvalue weighted by Crippen LogP contribution is -2.29. The number of tetrazole rings is 1. The second kappa shape index (κ2) is 7.05. The molecular formula is C15H12ClFN6O. The van der Waals surface area contributed by atoms with Crippen molar-refractivity contribution in [2.75, 3.05) is 5.32 Å². The molecule has 0 aliphatic heterocycles. The lowest BCUT2D eigenvalue weighted by Gasteiger charge is -2.09. The van der Waals surface area contributed by atoms with Crippen molar-refractivity contribution in [2.24, 2.45) is 0 Å². The van der Waals surface area contributed by atoms with Crippen molar-refractivity contribution in [3.05, 3.63) is 65.2 Å². The fourth-order valence-corrected chi connectivity index (χ4v) is 2.20. The van der Waals surface area contributed by atoms with Crippen LogP contribution < -0.4 is 10.6 Å². The number of aromatic nitrogens is 4. The van der Waals surface area contributed by atoms with Crippen LogP contribution in [0.5, 0.6) is 0 Å². The van der Waals surface area contributed by atoms with Crippen molar-refractivity contribution < 1.29 is 9.18 Å². The standard InChI is InChI=1S/C15H12ClFN6O/c16-12-6-1-2-7-13(12)19-15(24)18-9-14-20-21-22-23(14)11-5-3-4-10(17)8-11/h1-8H,9H2,(H2,18,19,24). The first-order valence-corrected chi connectivity index (χ1v) is 7.34. The molecule has 0 saturated heterocycles. The first kappa shape index (κ1) is 15.9. The van der Waals surface area contributed by atoms with Crippen LogP contribution in [0.4, 0.5) is 14.9 Å². The largest absolute Gasteiger partial charge is 0.330 e. The minimum atomic E-state index is -0.461. The molecule has 2 aromatic carbocycles. The molecule has 3 aromatic rings. The lowest BCUT2D eigenvalue weighted by atomic mass is 10.3. The molecule has 0 aliphatic carbocycles. The first-order chi connectivity index (χ1) is 11.6. The van der Waals surface area contributed by atoms with Crippen LogP contribution >= 0.6 is 11.6 Å². The molecule has 1 aromatic heterocycles. The highest BCUT2D eigenvalue weighted by Gasteiger charge is 2.11. The third-order valence-electron chi connectivity index (χ3n) is 3.12. The van der Waals surface area contributed by atoms with Crippen LogP contribution in [-0.2, 0) is 6.54 Å². The predicted molar refractivity (Wildman–Crippen MR) is 86.4 cm³/mol. The lowest BCUT2D eigenvalue weighted by molar-refractivity contribution is 0.251. The van der Waals surface area contributed by atoms with Crippen LogP contribution in [0.3, 0.4) is 0 Å². The van der Waals surface area contributed by atoms with Crippen molar-refractivity contribution in [3.63, 3.8) is 0 Å². The monoisotopic (exact) mass is 346 g/mol. The Morgan fingerprint density at radius 3 is 2.83 bits per heavy atom. The van der Waals surface area contributed by atoms with Gasteiger partial charge in [-0.25, -0.2) is 9.18 Å². The van der Waals surface area contributed by atoms with Crippen molar-refractivity contribution >= 4 is 23.3 Å². The highest BCUT2D eigenvalue weighted by atomic mass is 35.5. The van der Waals surface area contributed by atoms with E-state index < -0.39 is 11.8 Å². The number of amides is 2. The normalized spacial score (nSPS) is 10.4. The number of rotatable bonds is 4. The summed E-state index contributed by atoms with van der Waals surface area (Å²) in [5, 5.41) is 16.9. The Balaban J connectivity index is 1.67. The number of hydrogen-bond donors (Lipinski definition) is 2. The summed E-state index contributed by atoms with van der Waals surface area (Å²) in [4.78, 5) is 11.9. The number of para-hydroxylation sites is 1. The van der Waals surface area contributed by atoms with E-state index in [1.165, 1.54) is 16.8 Å². The second-order valence-electron chi connectivity index (χ2n) is 4.77. The molecule has 0 aliphatic rings. The minimum Gasteiger partial charge on any atom is -0.330 e. The maximum atomic E-state index is 13.3. The first-order valence-electron chi connectivity index (χ1n) is 6.96. The highest BCUT2D eigenvalue weighted by Crippen LogP contribution is 2.20. The smallest absolute Gasteiger partial charge is 0.319 e. The molecule has 0 fully saturated rings. The highest BCUT2D eigenvalue weighted by molar-refractivity contribution is 6.33. The van der Waals surface area contributed by atoms with Gasteiger partial charge >= 0.3 is 6.03 Å². The van der Waals surface area contributed by atoms with E-state index in [2.05, 4.69) is 26.2 Å². The molecule has 0 bridgehead atoms. The number of benzene rings is 2. The van der Waals surface area contributed by atoms with Crippen LogP contribution in [0, 0.1) is 5.82 Å².